The SMILES string of the molecule is COc1ccc(Cl)cc1C(=O)N1CCCC1C(=O)Nc1ccc(-c2ncn[nH]2)cc1. The third-order valence-corrected chi connectivity index (χ3v) is 5.28. The largest absolute Gasteiger partial charge is 0.496 e. The minimum atomic E-state index is -0.560. The summed E-state index contributed by atoms with van der Waals surface area (Å²) in [6, 6.07) is 11.6. The first-order valence-corrected chi connectivity index (χ1v) is 9.86. The van der Waals surface area contributed by atoms with E-state index < -0.39 is 6.04 Å². The van der Waals surface area contributed by atoms with Crippen LogP contribution in [0, 0.1) is 0 Å². The number of hydrogen-bond acceptors (Lipinski definition) is 5. The number of rotatable bonds is 5. The number of likely N-dealkylation sites (tertiary alicyclic amines) is 1. The summed E-state index contributed by atoms with van der Waals surface area (Å²) in [6.45, 7) is 0.497. The second kappa shape index (κ2) is 8.54. The van der Waals surface area contributed by atoms with E-state index in [2.05, 4.69) is 20.5 Å². The minimum Gasteiger partial charge on any atom is -0.496 e. The second-order valence-electron chi connectivity index (χ2n) is 6.90. The first-order valence-electron chi connectivity index (χ1n) is 9.48. The van der Waals surface area contributed by atoms with E-state index in [0.29, 0.717) is 40.8 Å². The van der Waals surface area contributed by atoms with Gasteiger partial charge in [-0.1, -0.05) is 11.6 Å². The molecule has 0 spiro atoms. The third kappa shape index (κ3) is 3.99. The Balaban J connectivity index is 1.48. The smallest absolute Gasteiger partial charge is 0.258 e. The molecule has 30 heavy (non-hydrogen) atoms. The zero-order valence-electron chi connectivity index (χ0n) is 16.3. The maximum atomic E-state index is 13.1. The predicted octanol–water partition coefficient (Wildman–Crippen LogP) is 3.38. The summed E-state index contributed by atoms with van der Waals surface area (Å²) in [5.41, 5.74) is 1.85. The second-order valence-corrected chi connectivity index (χ2v) is 7.34. The number of H-pyrrole nitrogens is 1. The zero-order valence-corrected chi connectivity index (χ0v) is 17.0. The highest BCUT2D eigenvalue weighted by atomic mass is 35.5. The Morgan fingerprint density at radius 2 is 2.03 bits per heavy atom. The molecule has 1 unspecified atom stereocenters. The number of benzene rings is 2. The van der Waals surface area contributed by atoms with Crippen molar-refractivity contribution >= 4 is 29.1 Å². The lowest BCUT2D eigenvalue weighted by Crippen LogP contribution is -2.43. The lowest BCUT2D eigenvalue weighted by atomic mass is 10.1. The number of aromatic amines is 1. The molecule has 0 radical (unpaired) electrons. The van der Waals surface area contributed by atoms with E-state index in [0.717, 1.165) is 12.0 Å². The summed E-state index contributed by atoms with van der Waals surface area (Å²) >= 11 is 6.06. The Morgan fingerprint density at radius 3 is 2.73 bits per heavy atom. The fraction of sp³-hybridized carbons (Fsp3) is 0.238. The van der Waals surface area contributed by atoms with E-state index in [1.807, 2.05) is 12.1 Å². The zero-order chi connectivity index (χ0) is 21.1. The average molecular weight is 426 g/mol. The van der Waals surface area contributed by atoms with Crippen molar-refractivity contribution in [3.63, 3.8) is 0 Å². The lowest BCUT2D eigenvalue weighted by molar-refractivity contribution is -0.119. The van der Waals surface area contributed by atoms with Crippen LogP contribution in [0.2, 0.25) is 5.02 Å². The van der Waals surface area contributed by atoms with Gasteiger partial charge in [-0.2, -0.15) is 5.10 Å². The molecule has 2 aromatic carbocycles. The number of ether oxygens (including phenoxy) is 1. The minimum absolute atomic E-state index is 0.228. The van der Waals surface area contributed by atoms with E-state index in [1.54, 1.807) is 35.2 Å². The molecule has 1 saturated heterocycles. The van der Waals surface area contributed by atoms with Crippen LogP contribution in [0.25, 0.3) is 11.4 Å². The van der Waals surface area contributed by atoms with Gasteiger partial charge in [0, 0.05) is 22.8 Å². The van der Waals surface area contributed by atoms with Crippen LogP contribution in [0.3, 0.4) is 0 Å². The Kier molecular flexibility index (Phi) is 5.67. The van der Waals surface area contributed by atoms with Gasteiger partial charge in [0.2, 0.25) is 5.91 Å². The van der Waals surface area contributed by atoms with Gasteiger partial charge in [0.1, 0.15) is 18.1 Å². The molecule has 2 amide bonds. The molecule has 0 aliphatic carbocycles. The van der Waals surface area contributed by atoms with Crippen LogP contribution in [-0.4, -0.2) is 51.6 Å². The molecule has 1 atom stereocenters. The molecule has 1 aromatic heterocycles. The number of anilines is 1. The summed E-state index contributed by atoms with van der Waals surface area (Å²) in [4.78, 5) is 31.7. The molecule has 4 rings (SSSR count). The summed E-state index contributed by atoms with van der Waals surface area (Å²) in [7, 11) is 1.50. The highest BCUT2D eigenvalue weighted by Crippen LogP contribution is 2.28. The Morgan fingerprint density at radius 1 is 1.23 bits per heavy atom. The monoisotopic (exact) mass is 425 g/mol. The van der Waals surface area contributed by atoms with E-state index in [1.165, 1.54) is 13.4 Å². The highest BCUT2D eigenvalue weighted by Gasteiger charge is 2.35. The Hall–Kier alpha value is -3.39. The molecule has 0 saturated carbocycles. The number of halogens is 1. The first-order chi connectivity index (χ1) is 14.6. The number of nitrogens with one attached hydrogen (secondary N) is 2. The topological polar surface area (TPSA) is 100 Å². The Labute approximate surface area is 178 Å². The van der Waals surface area contributed by atoms with Gasteiger partial charge < -0.3 is 15.0 Å². The number of hydrogen-bond donors (Lipinski definition) is 2. The fourth-order valence-electron chi connectivity index (χ4n) is 3.57. The van der Waals surface area contributed by atoms with Gasteiger partial charge in [0.05, 0.1) is 12.7 Å². The van der Waals surface area contributed by atoms with E-state index in [-0.39, 0.29) is 11.8 Å². The maximum absolute atomic E-state index is 13.1. The fourth-order valence-corrected chi connectivity index (χ4v) is 3.74. The van der Waals surface area contributed by atoms with Gasteiger partial charge in [-0.05, 0) is 55.3 Å². The predicted molar refractivity (Wildman–Crippen MR) is 113 cm³/mol. The van der Waals surface area contributed by atoms with Gasteiger partial charge in [-0.15, -0.1) is 0 Å². The van der Waals surface area contributed by atoms with E-state index in [9.17, 15) is 9.59 Å². The van der Waals surface area contributed by atoms with Crippen LogP contribution in [0.1, 0.15) is 23.2 Å². The van der Waals surface area contributed by atoms with E-state index >= 15 is 0 Å². The highest BCUT2D eigenvalue weighted by molar-refractivity contribution is 6.31. The standard InChI is InChI=1S/C21H20ClN5O3/c1-30-18-9-6-14(22)11-16(18)21(29)27-10-2-3-17(27)20(28)25-15-7-4-13(5-8-15)19-23-12-24-26-19/h4-9,11-12,17H,2-3,10H2,1H3,(H,25,28)(H,23,24,26). The molecule has 2 N–H and O–H groups in total. The maximum Gasteiger partial charge on any atom is 0.258 e. The molecule has 1 fully saturated rings. The first kappa shape index (κ1) is 19.9. The molecule has 2 heterocycles. The van der Waals surface area contributed by atoms with E-state index in [4.69, 9.17) is 16.3 Å². The number of carbonyl (C=O) groups excluding carboxylic acids is 2. The van der Waals surface area contributed by atoms with Crippen LogP contribution >= 0.6 is 11.6 Å². The third-order valence-electron chi connectivity index (χ3n) is 5.05. The molecule has 3 aromatic rings. The van der Waals surface area contributed by atoms with Crippen molar-refractivity contribution in [2.45, 2.75) is 18.9 Å². The van der Waals surface area contributed by atoms with Crippen LogP contribution in [-0.2, 0) is 4.79 Å². The van der Waals surface area contributed by atoms with Gasteiger partial charge in [-0.3, -0.25) is 14.7 Å². The molecule has 1 aliphatic heterocycles. The van der Waals surface area contributed by atoms with Crippen LogP contribution in [0.5, 0.6) is 5.75 Å². The Bertz CT molecular complexity index is 1050. The van der Waals surface area contributed by atoms with Gasteiger partial charge in [0.25, 0.3) is 5.91 Å². The van der Waals surface area contributed by atoms with Crippen molar-refractivity contribution < 1.29 is 14.3 Å². The summed E-state index contributed by atoms with van der Waals surface area (Å²) in [5.74, 6) is 0.580. The van der Waals surface area contributed by atoms with Crippen molar-refractivity contribution in [3.8, 4) is 17.1 Å². The van der Waals surface area contributed by atoms with Crippen molar-refractivity contribution in [3.05, 3.63) is 59.4 Å². The van der Waals surface area contributed by atoms with Gasteiger partial charge in [0.15, 0.2) is 5.82 Å². The van der Waals surface area contributed by atoms with Crippen molar-refractivity contribution in [1.82, 2.24) is 20.1 Å². The molecular weight excluding hydrogens is 406 g/mol. The van der Waals surface area contributed by atoms with Gasteiger partial charge >= 0.3 is 0 Å². The quantitative estimate of drug-likeness (QED) is 0.652. The van der Waals surface area contributed by atoms with Crippen molar-refractivity contribution in [2.75, 3.05) is 19.0 Å². The number of nitrogens with zero attached hydrogens (tertiary/aromatic N) is 3. The van der Waals surface area contributed by atoms with Gasteiger partial charge in [-0.25, -0.2) is 4.98 Å². The van der Waals surface area contributed by atoms with Crippen molar-refractivity contribution in [1.29, 1.82) is 0 Å². The lowest BCUT2D eigenvalue weighted by Gasteiger charge is -2.25. The normalized spacial score (nSPS) is 15.8. The number of aromatic nitrogens is 3. The molecule has 0 bridgehead atoms. The average Bonchev–Trinajstić information content (AvgIpc) is 3.46. The number of methoxy groups -OCH3 is 1. The molecule has 8 nitrogen and oxygen atoms in total. The summed E-state index contributed by atoms with van der Waals surface area (Å²) in [6.07, 6.45) is 2.78. The number of carbonyl (C=O) groups is 2. The number of amides is 2. The van der Waals surface area contributed by atoms with Crippen LogP contribution < -0.4 is 10.1 Å². The van der Waals surface area contributed by atoms with Crippen LogP contribution in [0.4, 0.5) is 5.69 Å². The molecule has 9 heteroatoms. The summed E-state index contributed by atoms with van der Waals surface area (Å²) in [5, 5.41) is 9.95. The molecular formula is C21H20ClN5O3. The molecule has 154 valence electrons. The van der Waals surface area contributed by atoms with Crippen molar-refractivity contribution in [2.24, 2.45) is 0 Å². The van der Waals surface area contributed by atoms with Crippen LogP contribution in [0.15, 0.2) is 48.8 Å². The molecule has 1 aliphatic rings. The summed E-state index contributed by atoms with van der Waals surface area (Å²) < 4.78 is 5.30.